The largest absolute Gasteiger partial charge is 0.416 e. The number of carbonyl (C=O) groups is 1. The number of pyridine rings is 1. The number of rotatable bonds is 4. The second kappa shape index (κ2) is 8.59. The van der Waals surface area contributed by atoms with E-state index in [1.807, 2.05) is 24.3 Å². The number of piperidine rings is 1. The zero-order valence-corrected chi connectivity index (χ0v) is 17.2. The van der Waals surface area contributed by atoms with Gasteiger partial charge in [-0.2, -0.15) is 13.2 Å². The van der Waals surface area contributed by atoms with Crippen molar-refractivity contribution in [3.63, 3.8) is 0 Å². The summed E-state index contributed by atoms with van der Waals surface area (Å²) in [5, 5.41) is 0. The molecule has 8 heteroatoms. The molecular formula is C23H26F3N3O2. The number of benzene rings is 1. The minimum Gasteiger partial charge on any atom is -0.399 e. The molecule has 1 aromatic carbocycles. The van der Waals surface area contributed by atoms with Crippen LogP contribution >= 0.6 is 0 Å². The minimum absolute atomic E-state index is 0.0354. The number of anilines is 1. The Morgan fingerprint density at radius 1 is 1.23 bits per heavy atom. The normalized spacial score (nSPS) is 22.0. The molecule has 166 valence electrons. The predicted octanol–water partition coefficient (Wildman–Crippen LogP) is 3.83. The highest BCUT2D eigenvalue weighted by atomic mass is 19.4. The molecule has 1 atom stereocenters. The number of nitrogens with zero attached hydrogens (tertiary/aromatic N) is 2. The van der Waals surface area contributed by atoms with Gasteiger partial charge in [0.1, 0.15) is 6.61 Å². The number of alkyl halides is 3. The van der Waals surface area contributed by atoms with Crippen molar-refractivity contribution in [2.45, 2.75) is 43.4 Å². The molecule has 5 nitrogen and oxygen atoms in total. The van der Waals surface area contributed by atoms with Crippen molar-refractivity contribution in [2.24, 2.45) is 0 Å². The van der Waals surface area contributed by atoms with Crippen molar-refractivity contribution in [1.82, 2.24) is 9.88 Å². The van der Waals surface area contributed by atoms with Crippen LogP contribution in [0.4, 0.5) is 18.9 Å². The Kier molecular flexibility index (Phi) is 6.03. The molecule has 2 saturated heterocycles. The minimum atomic E-state index is -4.52. The summed E-state index contributed by atoms with van der Waals surface area (Å²) in [6.45, 7) is 2.29. The van der Waals surface area contributed by atoms with Crippen LogP contribution in [0.1, 0.15) is 41.9 Å². The van der Waals surface area contributed by atoms with Crippen LogP contribution < -0.4 is 5.73 Å². The van der Waals surface area contributed by atoms with Crippen LogP contribution in [0.2, 0.25) is 0 Å². The second-order valence-electron chi connectivity index (χ2n) is 8.49. The number of Topliss-reactive ketones (excluding diaryl/α,β-unsaturated/α-hetero) is 1. The van der Waals surface area contributed by atoms with E-state index in [2.05, 4.69) is 9.88 Å². The number of aromatic nitrogens is 1. The first-order valence-corrected chi connectivity index (χ1v) is 10.5. The Morgan fingerprint density at radius 3 is 2.71 bits per heavy atom. The third-order valence-corrected chi connectivity index (χ3v) is 6.45. The van der Waals surface area contributed by atoms with Gasteiger partial charge in [-0.25, -0.2) is 0 Å². The molecule has 2 aliphatic heterocycles. The summed E-state index contributed by atoms with van der Waals surface area (Å²) < 4.78 is 46.4. The van der Waals surface area contributed by atoms with E-state index in [1.165, 1.54) is 11.8 Å². The maximum atomic E-state index is 13.5. The molecule has 1 spiro atoms. The van der Waals surface area contributed by atoms with Crippen LogP contribution in [0.15, 0.2) is 42.7 Å². The number of hydrogen-bond donors (Lipinski definition) is 1. The Morgan fingerprint density at radius 2 is 2.00 bits per heavy atom. The van der Waals surface area contributed by atoms with E-state index < -0.39 is 23.3 Å². The molecule has 0 radical (unpaired) electrons. The molecule has 0 saturated carbocycles. The number of ether oxygens (including phenoxy) is 1. The van der Waals surface area contributed by atoms with Gasteiger partial charge in [0.15, 0.2) is 5.78 Å². The van der Waals surface area contributed by atoms with Crippen LogP contribution in [-0.4, -0.2) is 47.5 Å². The number of nitrogen functional groups attached to an aromatic ring is 1. The average molecular weight is 433 g/mol. The summed E-state index contributed by atoms with van der Waals surface area (Å²) in [6, 6.07) is 8.77. The molecule has 2 aromatic rings. The quantitative estimate of drug-likeness (QED) is 0.743. The third kappa shape index (κ3) is 4.91. The summed E-state index contributed by atoms with van der Waals surface area (Å²) in [6.07, 6.45) is 0.309. The van der Waals surface area contributed by atoms with E-state index in [9.17, 15) is 18.0 Å². The Balaban J connectivity index is 1.42. The van der Waals surface area contributed by atoms with E-state index in [0.29, 0.717) is 12.8 Å². The molecule has 2 aliphatic rings. The molecule has 2 N–H and O–H groups in total. The number of halogens is 3. The maximum Gasteiger partial charge on any atom is 0.416 e. The molecule has 0 amide bonds. The van der Waals surface area contributed by atoms with Gasteiger partial charge in [0.25, 0.3) is 0 Å². The van der Waals surface area contributed by atoms with Gasteiger partial charge in [-0.1, -0.05) is 12.1 Å². The van der Waals surface area contributed by atoms with Gasteiger partial charge in [-0.3, -0.25) is 9.78 Å². The summed E-state index contributed by atoms with van der Waals surface area (Å²) in [5.74, 6) is -1.15. The number of hydrogen-bond acceptors (Lipinski definition) is 5. The monoisotopic (exact) mass is 433 g/mol. The highest BCUT2D eigenvalue weighted by molar-refractivity contribution is 5.88. The third-order valence-electron chi connectivity index (χ3n) is 6.45. The molecule has 2 fully saturated rings. The van der Waals surface area contributed by atoms with Crippen LogP contribution in [-0.2, 0) is 22.1 Å². The van der Waals surface area contributed by atoms with Crippen LogP contribution in [0.5, 0.6) is 0 Å². The second-order valence-corrected chi connectivity index (χ2v) is 8.49. The van der Waals surface area contributed by atoms with E-state index in [-0.39, 0.29) is 24.4 Å². The summed E-state index contributed by atoms with van der Waals surface area (Å²) in [4.78, 5) is 18.7. The van der Waals surface area contributed by atoms with Crippen LogP contribution in [0.3, 0.4) is 0 Å². The van der Waals surface area contributed by atoms with E-state index in [4.69, 9.17) is 10.5 Å². The molecule has 1 aromatic heterocycles. The van der Waals surface area contributed by atoms with Crippen molar-refractivity contribution in [3.8, 4) is 0 Å². The molecule has 3 heterocycles. The lowest BCUT2D eigenvalue weighted by Crippen LogP contribution is -2.51. The first-order valence-electron chi connectivity index (χ1n) is 10.5. The summed E-state index contributed by atoms with van der Waals surface area (Å²) in [5.41, 5.74) is 6.38. The maximum absolute atomic E-state index is 13.5. The van der Waals surface area contributed by atoms with Gasteiger partial charge >= 0.3 is 6.18 Å². The molecular weight excluding hydrogens is 407 g/mol. The average Bonchev–Trinajstić information content (AvgIpc) is 2.75. The smallest absolute Gasteiger partial charge is 0.399 e. The number of nitrogens with two attached hydrogens (primary N) is 1. The number of likely N-dealkylation sites (tertiary alicyclic amines) is 1. The van der Waals surface area contributed by atoms with Gasteiger partial charge < -0.3 is 15.4 Å². The highest BCUT2D eigenvalue weighted by Crippen LogP contribution is 2.43. The SMILES string of the molecule is Nc1cccc(CCN2CCC3(CC2)CC(c2cnccc2C(F)(F)F)C(=O)CO3)c1. The van der Waals surface area contributed by atoms with Gasteiger partial charge in [0, 0.05) is 43.6 Å². The van der Waals surface area contributed by atoms with E-state index in [1.54, 1.807) is 0 Å². The molecule has 4 rings (SSSR count). The Bertz CT molecular complexity index is 940. The summed E-state index contributed by atoms with van der Waals surface area (Å²) in [7, 11) is 0. The first-order chi connectivity index (χ1) is 14.8. The first kappa shape index (κ1) is 21.8. The van der Waals surface area contributed by atoms with Gasteiger partial charge in [-0.05, 0) is 55.0 Å². The van der Waals surface area contributed by atoms with Gasteiger partial charge in [0.2, 0.25) is 0 Å². The fraction of sp³-hybridized carbons (Fsp3) is 0.478. The predicted molar refractivity (Wildman–Crippen MR) is 111 cm³/mol. The molecule has 1 unspecified atom stereocenters. The van der Waals surface area contributed by atoms with Crippen molar-refractivity contribution < 1.29 is 22.7 Å². The van der Waals surface area contributed by atoms with Gasteiger partial charge in [0.05, 0.1) is 11.2 Å². The van der Waals surface area contributed by atoms with Crippen molar-refractivity contribution in [3.05, 3.63) is 59.4 Å². The Hall–Kier alpha value is -2.45. The van der Waals surface area contributed by atoms with E-state index in [0.717, 1.165) is 44.0 Å². The number of ketones is 1. The fourth-order valence-corrected chi connectivity index (χ4v) is 4.66. The standard InChI is InChI=1S/C23H26F3N3O2/c24-23(25,26)20-4-8-28-14-19(20)18-13-22(31-15-21(18)30)6-10-29(11-7-22)9-5-16-2-1-3-17(27)12-16/h1-4,8,12,14,18H,5-7,9-11,13,15,27H2. The van der Waals surface area contributed by atoms with E-state index >= 15 is 0 Å². The van der Waals surface area contributed by atoms with Crippen molar-refractivity contribution in [1.29, 1.82) is 0 Å². The van der Waals surface area contributed by atoms with Crippen LogP contribution in [0, 0.1) is 0 Å². The summed E-state index contributed by atoms with van der Waals surface area (Å²) >= 11 is 0. The fourth-order valence-electron chi connectivity index (χ4n) is 4.66. The zero-order chi connectivity index (χ0) is 22.1. The molecule has 0 bridgehead atoms. The molecule has 0 aliphatic carbocycles. The highest BCUT2D eigenvalue weighted by Gasteiger charge is 2.46. The van der Waals surface area contributed by atoms with Gasteiger partial charge in [-0.15, -0.1) is 0 Å². The van der Waals surface area contributed by atoms with Crippen LogP contribution in [0.25, 0.3) is 0 Å². The topological polar surface area (TPSA) is 68.5 Å². The van der Waals surface area contributed by atoms with Crippen molar-refractivity contribution in [2.75, 3.05) is 32.0 Å². The lowest BCUT2D eigenvalue weighted by molar-refractivity contribution is -0.155. The lowest BCUT2D eigenvalue weighted by atomic mass is 9.75. The lowest BCUT2D eigenvalue weighted by Gasteiger charge is -2.46. The molecule has 31 heavy (non-hydrogen) atoms. The Labute approximate surface area is 179 Å². The van der Waals surface area contributed by atoms with Crippen molar-refractivity contribution >= 4 is 11.5 Å². The zero-order valence-electron chi connectivity index (χ0n) is 17.2. The number of carbonyl (C=O) groups excluding carboxylic acids is 1.